The Labute approximate surface area is 125 Å². The number of aryl methyl sites for hydroxylation is 1. The Kier molecular flexibility index (Phi) is 5.54. The lowest BCUT2D eigenvalue weighted by molar-refractivity contribution is -0.133. The molecule has 0 aromatic carbocycles. The molecule has 0 unspecified atom stereocenters. The first-order valence-corrected chi connectivity index (χ1v) is 8.39. The van der Waals surface area contributed by atoms with E-state index in [1.54, 1.807) is 11.3 Å². The molecule has 2 rings (SSSR count). The largest absolute Gasteiger partial charge is 0.340 e. The molecule has 1 aromatic heterocycles. The number of hydrogen-bond acceptors (Lipinski definition) is 4. The van der Waals surface area contributed by atoms with Crippen LogP contribution >= 0.6 is 11.3 Å². The van der Waals surface area contributed by atoms with E-state index in [0.717, 1.165) is 39.1 Å². The third-order valence-corrected chi connectivity index (χ3v) is 4.64. The lowest BCUT2D eigenvalue weighted by atomic mass is 10.1. The van der Waals surface area contributed by atoms with Crippen molar-refractivity contribution >= 4 is 17.2 Å². The van der Waals surface area contributed by atoms with Crippen molar-refractivity contribution in [2.24, 2.45) is 5.92 Å². The van der Waals surface area contributed by atoms with Gasteiger partial charge < -0.3 is 4.90 Å². The van der Waals surface area contributed by atoms with E-state index in [1.807, 2.05) is 4.90 Å². The third-order valence-electron chi connectivity index (χ3n) is 3.60. The summed E-state index contributed by atoms with van der Waals surface area (Å²) in [6, 6.07) is 0. The molecule has 1 aliphatic rings. The summed E-state index contributed by atoms with van der Waals surface area (Å²) < 4.78 is 0. The molecule has 1 aromatic rings. The molecule has 1 aliphatic heterocycles. The first kappa shape index (κ1) is 15.4. The number of carbonyl (C=O) groups is 1. The highest BCUT2D eigenvalue weighted by atomic mass is 32.1. The van der Waals surface area contributed by atoms with Gasteiger partial charge in [-0.15, -0.1) is 11.3 Å². The Morgan fingerprint density at radius 3 is 2.60 bits per heavy atom. The minimum absolute atomic E-state index is 0.307. The molecular formula is C15H25N3OS. The van der Waals surface area contributed by atoms with Crippen molar-refractivity contribution in [2.45, 2.75) is 40.2 Å². The summed E-state index contributed by atoms with van der Waals surface area (Å²) in [6.07, 6.45) is 1.69. The Hall–Kier alpha value is -0.940. The highest BCUT2D eigenvalue weighted by Crippen LogP contribution is 2.14. The average molecular weight is 295 g/mol. The molecule has 2 heterocycles. The monoisotopic (exact) mass is 295 g/mol. The van der Waals surface area contributed by atoms with Gasteiger partial charge in [0.25, 0.3) is 0 Å². The highest BCUT2D eigenvalue weighted by Gasteiger charge is 2.21. The number of aromatic nitrogens is 1. The number of amides is 1. The van der Waals surface area contributed by atoms with Gasteiger partial charge in [0.15, 0.2) is 0 Å². The van der Waals surface area contributed by atoms with E-state index < -0.39 is 0 Å². The smallest absolute Gasteiger partial charge is 0.222 e. The van der Waals surface area contributed by atoms with Crippen molar-refractivity contribution in [1.29, 1.82) is 0 Å². The molecule has 0 aliphatic carbocycles. The van der Waals surface area contributed by atoms with E-state index in [0.29, 0.717) is 18.2 Å². The number of nitrogens with zero attached hydrogens (tertiary/aromatic N) is 3. The van der Waals surface area contributed by atoms with Crippen LogP contribution in [0.4, 0.5) is 0 Å². The van der Waals surface area contributed by atoms with Crippen LogP contribution in [0.1, 0.15) is 37.9 Å². The van der Waals surface area contributed by atoms with Gasteiger partial charge in [-0.2, -0.15) is 0 Å². The van der Waals surface area contributed by atoms with Crippen LogP contribution in [-0.4, -0.2) is 46.9 Å². The molecule has 0 saturated carbocycles. The van der Waals surface area contributed by atoms with Crippen LogP contribution in [-0.2, 0) is 17.8 Å². The van der Waals surface area contributed by atoms with Crippen molar-refractivity contribution in [3.8, 4) is 0 Å². The maximum Gasteiger partial charge on any atom is 0.222 e. The number of thiazole rings is 1. The van der Waals surface area contributed by atoms with Crippen LogP contribution in [0, 0.1) is 5.92 Å². The molecule has 0 N–H and O–H groups in total. The van der Waals surface area contributed by atoms with Gasteiger partial charge in [-0.3, -0.25) is 9.69 Å². The van der Waals surface area contributed by atoms with Crippen molar-refractivity contribution in [1.82, 2.24) is 14.8 Å². The summed E-state index contributed by atoms with van der Waals surface area (Å²) in [7, 11) is 0. The zero-order valence-corrected chi connectivity index (χ0v) is 13.6. The second-order valence-corrected chi connectivity index (χ2v) is 6.78. The number of rotatable bonds is 5. The molecule has 1 fully saturated rings. The van der Waals surface area contributed by atoms with Gasteiger partial charge in [0.05, 0.1) is 10.7 Å². The van der Waals surface area contributed by atoms with Crippen molar-refractivity contribution < 1.29 is 4.79 Å². The second-order valence-electron chi connectivity index (χ2n) is 5.84. The van der Waals surface area contributed by atoms with E-state index >= 15 is 0 Å². The summed E-state index contributed by atoms with van der Waals surface area (Å²) >= 11 is 1.75. The molecule has 0 radical (unpaired) electrons. The lowest BCUT2D eigenvalue weighted by Crippen LogP contribution is -2.48. The van der Waals surface area contributed by atoms with E-state index in [-0.39, 0.29) is 0 Å². The van der Waals surface area contributed by atoms with Crippen LogP contribution in [0.3, 0.4) is 0 Å². The first-order chi connectivity index (χ1) is 9.58. The van der Waals surface area contributed by atoms with Gasteiger partial charge in [0.1, 0.15) is 0 Å². The average Bonchev–Trinajstić information content (AvgIpc) is 2.86. The van der Waals surface area contributed by atoms with E-state index in [2.05, 4.69) is 36.0 Å². The molecule has 0 spiro atoms. The fraction of sp³-hybridized carbons (Fsp3) is 0.733. The molecule has 20 heavy (non-hydrogen) atoms. The highest BCUT2D eigenvalue weighted by molar-refractivity contribution is 7.09. The van der Waals surface area contributed by atoms with Crippen molar-refractivity contribution in [3.63, 3.8) is 0 Å². The van der Waals surface area contributed by atoms with Crippen LogP contribution in [0.5, 0.6) is 0 Å². The lowest BCUT2D eigenvalue weighted by Gasteiger charge is -2.34. The number of piperazine rings is 1. The molecule has 1 amide bonds. The van der Waals surface area contributed by atoms with Crippen molar-refractivity contribution in [2.75, 3.05) is 26.2 Å². The zero-order chi connectivity index (χ0) is 14.5. The molecule has 4 nitrogen and oxygen atoms in total. The minimum atomic E-state index is 0.307. The minimum Gasteiger partial charge on any atom is -0.340 e. The Morgan fingerprint density at radius 1 is 1.35 bits per heavy atom. The topological polar surface area (TPSA) is 36.4 Å². The van der Waals surface area contributed by atoms with Gasteiger partial charge in [-0.25, -0.2) is 4.98 Å². The maximum absolute atomic E-state index is 12.0. The second kappa shape index (κ2) is 7.18. The Bertz CT molecular complexity index is 436. The van der Waals surface area contributed by atoms with Gasteiger partial charge in [0.2, 0.25) is 5.91 Å². The van der Waals surface area contributed by atoms with Gasteiger partial charge >= 0.3 is 0 Å². The van der Waals surface area contributed by atoms with Crippen LogP contribution in [0.2, 0.25) is 0 Å². The predicted molar refractivity (Wildman–Crippen MR) is 82.8 cm³/mol. The summed E-state index contributed by atoms with van der Waals surface area (Å²) in [5, 5.41) is 3.38. The summed E-state index contributed by atoms with van der Waals surface area (Å²) in [5.74, 6) is 0.754. The normalized spacial score (nSPS) is 16.9. The fourth-order valence-electron chi connectivity index (χ4n) is 2.45. The first-order valence-electron chi connectivity index (χ1n) is 7.52. The number of carbonyl (C=O) groups excluding carboxylic acids is 1. The standard InChI is InChI=1S/C15H25N3OS/c1-4-14-16-13(11-20-14)10-17-5-7-18(8-6-17)15(19)9-12(2)3/h11-12H,4-10H2,1-3H3. The van der Waals surface area contributed by atoms with Gasteiger partial charge in [-0.1, -0.05) is 20.8 Å². The Balaban J connectivity index is 1.78. The van der Waals surface area contributed by atoms with E-state index in [4.69, 9.17) is 0 Å². The molecule has 5 heteroatoms. The van der Waals surface area contributed by atoms with Gasteiger partial charge in [0, 0.05) is 44.5 Å². The SMILES string of the molecule is CCc1nc(CN2CCN(C(=O)CC(C)C)CC2)cs1. The summed E-state index contributed by atoms with van der Waals surface area (Å²) in [6.45, 7) is 10.9. The summed E-state index contributed by atoms with van der Waals surface area (Å²) in [4.78, 5) is 21.0. The van der Waals surface area contributed by atoms with Crippen LogP contribution in [0.15, 0.2) is 5.38 Å². The maximum atomic E-state index is 12.0. The Morgan fingerprint density at radius 2 is 2.05 bits per heavy atom. The third kappa shape index (κ3) is 4.28. The molecule has 112 valence electrons. The predicted octanol–water partition coefficient (Wildman–Crippen LogP) is 2.40. The molecule has 0 atom stereocenters. The quantitative estimate of drug-likeness (QED) is 0.837. The van der Waals surface area contributed by atoms with Crippen LogP contribution in [0.25, 0.3) is 0 Å². The van der Waals surface area contributed by atoms with Gasteiger partial charge in [-0.05, 0) is 12.3 Å². The molecular weight excluding hydrogens is 270 g/mol. The van der Waals surface area contributed by atoms with Crippen molar-refractivity contribution in [3.05, 3.63) is 16.1 Å². The van der Waals surface area contributed by atoms with E-state index in [9.17, 15) is 4.79 Å². The fourth-order valence-corrected chi connectivity index (χ4v) is 3.18. The van der Waals surface area contributed by atoms with Crippen LogP contribution < -0.4 is 0 Å². The summed E-state index contributed by atoms with van der Waals surface area (Å²) in [5.41, 5.74) is 1.17. The zero-order valence-electron chi connectivity index (χ0n) is 12.8. The van der Waals surface area contributed by atoms with E-state index in [1.165, 1.54) is 10.7 Å². The molecule has 0 bridgehead atoms. The number of hydrogen-bond donors (Lipinski definition) is 0. The molecule has 1 saturated heterocycles.